The number of anilines is 1. The number of amides is 4. The van der Waals surface area contributed by atoms with Crippen LogP contribution in [0.4, 0.5) is 5.69 Å². The fraction of sp³-hybridized carbons (Fsp3) is 0.564. The number of nitrogens with one attached hydrogen (secondary N) is 5. The number of aliphatic hydroxyl groups is 1. The van der Waals surface area contributed by atoms with E-state index in [2.05, 4.69) is 26.6 Å². The van der Waals surface area contributed by atoms with Gasteiger partial charge in [0.25, 0.3) is 0 Å². The molecule has 6 N–H and O–H groups in total. The zero-order valence-electron chi connectivity index (χ0n) is 30.6. The van der Waals surface area contributed by atoms with Crippen molar-refractivity contribution in [1.29, 1.82) is 0 Å². The molecule has 0 heterocycles. The standard InChI is InChI=1S/C39H55N5O8/c1-27(45)52-26-28-15-17-31(18-16-28)43-33(46)24-42-37(50)39(20-21-39)23-30-13-7-8-14-32(30)44-34(47)25-41-36(49)38(2,40-3)19-9-10-22-51-35(48)29-11-5-4-6-12-29/h4-6,11-12,15-18,27,30,32,40,45H,7-10,13-14,19-26H2,1-3H3,(H,41,49)(H,42,50)(H,43,46)(H,44,47). The van der Waals surface area contributed by atoms with Crippen LogP contribution in [0.5, 0.6) is 0 Å². The van der Waals surface area contributed by atoms with Crippen LogP contribution in [-0.4, -0.2) is 79.3 Å². The molecule has 13 heteroatoms. The maximum Gasteiger partial charge on any atom is 0.338 e. The lowest BCUT2D eigenvalue weighted by molar-refractivity contribution is -0.131. The monoisotopic (exact) mass is 721 g/mol. The van der Waals surface area contributed by atoms with E-state index in [0.717, 1.165) is 44.1 Å². The molecule has 0 saturated heterocycles. The molecule has 4 amide bonds. The number of aliphatic hydroxyl groups excluding tert-OH is 1. The van der Waals surface area contributed by atoms with Gasteiger partial charge in [0, 0.05) is 17.1 Å². The Balaban J connectivity index is 1.17. The lowest BCUT2D eigenvalue weighted by Crippen LogP contribution is -2.55. The van der Waals surface area contributed by atoms with Crippen molar-refractivity contribution in [2.24, 2.45) is 11.3 Å². The van der Waals surface area contributed by atoms with Crippen molar-refractivity contribution in [3.05, 3.63) is 65.7 Å². The Morgan fingerprint density at radius 3 is 2.29 bits per heavy atom. The molecular weight excluding hydrogens is 666 g/mol. The number of benzene rings is 2. The lowest BCUT2D eigenvalue weighted by atomic mass is 9.77. The molecule has 4 rings (SSSR count). The summed E-state index contributed by atoms with van der Waals surface area (Å²) in [6.07, 6.45) is 6.65. The first-order valence-corrected chi connectivity index (χ1v) is 18.4. The molecule has 0 radical (unpaired) electrons. The summed E-state index contributed by atoms with van der Waals surface area (Å²) in [6, 6.07) is 15.7. The molecule has 52 heavy (non-hydrogen) atoms. The molecule has 2 fully saturated rings. The van der Waals surface area contributed by atoms with Crippen LogP contribution in [0.2, 0.25) is 0 Å². The van der Waals surface area contributed by atoms with E-state index in [-0.39, 0.29) is 67.9 Å². The van der Waals surface area contributed by atoms with E-state index in [9.17, 15) is 29.1 Å². The summed E-state index contributed by atoms with van der Waals surface area (Å²) in [5, 5.41) is 23.8. The van der Waals surface area contributed by atoms with Crippen molar-refractivity contribution < 1.29 is 38.6 Å². The highest BCUT2D eigenvalue weighted by Gasteiger charge is 2.51. The van der Waals surface area contributed by atoms with Crippen LogP contribution in [0.1, 0.15) is 94.0 Å². The molecule has 0 bridgehead atoms. The van der Waals surface area contributed by atoms with E-state index >= 15 is 0 Å². The van der Waals surface area contributed by atoms with Crippen LogP contribution in [0, 0.1) is 11.3 Å². The van der Waals surface area contributed by atoms with Crippen LogP contribution in [-0.2, 0) is 35.3 Å². The van der Waals surface area contributed by atoms with Gasteiger partial charge in [0.15, 0.2) is 6.29 Å². The van der Waals surface area contributed by atoms with Gasteiger partial charge in [-0.15, -0.1) is 0 Å². The number of likely N-dealkylation sites (N-methyl/N-ethyl adjacent to an activating group) is 1. The fourth-order valence-electron chi connectivity index (χ4n) is 6.64. The normalized spacial score (nSPS) is 19.3. The van der Waals surface area contributed by atoms with Gasteiger partial charge in [0.05, 0.1) is 37.4 Å². The number of carbonyl (C=O) groups excluding carboxylic acids is 5. The van der Waals surface area contributed by atoms with Gasteiger partial charge in [-0.25, -0.2) is 4.79 Å². The van der Waals surface area contributed by atoms with Gasteiger partial charge in [0.1, 0.15) is 0 Å². The largest absolute Gasteiger partial charge is 0.462 e. The molecule has 4 atom stereocenters. The average Bonchev–Trinajstić information content (AvgIpc) is 3.94. The molecule has 4 unspecified atom stereocenters. The summed E-state index contributed by atoms with van der Waals surface area (Å²) in [5.74, 6) is -1.30. The first kappa shape index (κ1) is 40.4. The van der Waals surface area contributed by atoms with E-state index in [1.807, 2.05) is 6.07 Å². The summed E-state index contributed by atoms with van der Waals surface area (Å²) < 4.78 is 10.5. The van der Waals surface area contributed by atoms with Gasteiger partial charge >= 0.3 is 5.97 Å². The van der Waals surface area contributed by atoms with Crippen molar-refractivity contribution in [2.45, 2.75) is 103 Å². The van der Waals surface area contributed by atoms with Gasteiger partial charge in [-0.3, -0.25) is 19.2 Å². The van der Waals surface area contributed by atoms with Gasteiger partial charge in [0.2, 0.25) is 23.6 Å². The van der Waals surface area contributed by atoms with E-state index in [4.69, 9.17) is 9.47 Å². The van der Waals surface area contributed by atoms with Crippen LogP contribution in [0.3, 0.4) is 0 Å². The minimum absolute atomic E-state index is 0.102. The highest BCUT2D eigenvalue weighted by Crippen LogP contribution is 2.52. The minimum atomic E-state index is -0.903. The van der Waals surface area contributed by atoms with Gasteiger partial charge < -0.3 is 41.2 Å². The zero-order chi connectivity index (χ0) is 37.6. The Labute approximate surface area is 306 Å². The highest BCUT2D eigenvalue weighted by molar-refractivity contribution is 5.96. The van der Waals surface area contributed by atoms with Gasteiger partial charge in [-0.05, 0) is 108 Å². The smallest absolute Gasteiger partial charge is 0.338 e. The van der Waals surface area contributed by atoms with Crippen LogP contribution >= 0.6 is 0 Å². The molecule has 2 saturated carbocycles. The number of esters is 1. The molecular formula is C39H55N5O8. The molecule has 284 valence electrons. The molecule has 0 aliphatic heterocycles. The third-order valence-electron chi connectivity index (χ3n) is 10.2. The van der Waals surface area contributed by atoms with Crippen molar-refractivity contribution in [3.8, 4) is 0 Å². The van der Waals surface area contributed by atoms with Crippen LogP contribution < -0.4 is 26.6 Å². The van der Waals surface area contributed by atoms with Crippen molar-refractivity contribution in [2.75, 3.05) is 32.1 Å². The summed E-state index contributed by atoms with van der Waals surface area (Å²) in [5.41, 5.74) is 0.494. The predicted molar refractivity (Wildman–Crippen MR) is 196 cm³/mol. The maximum atomic E-state index is 13.3. The number of carbonyl (C=O) groups is 5. The maximum absolute atomic E-state index is 13.3. The molecule has 2 aromatic rings. The molecule has 2 aliphatic rings. The lowest BCUT2D eigenvalue weighted by Gasteiger charge is -2.34. The van der Waals surface area contributed by atoms with E-state index in [0.29, 0.717) is 36.9 Å². The minimum Gasteiger partial charge on any atom is -0.462 e. The Kier molecular flexibility index (Phi) is 15.2. The fourth-order valence-corrected chi connectivity index (χ4v) is 6.64. The number of rotatable bonds is 20. The number of unbranched alkanes of at least 4 members (excludes halogenated alkanes) is 1. The number of hydrogen-bond acceptors (Lipinski definition) is 9. The highest BCUT2D eigenvalue weighted by atomic mass is 16.6. The average molecular weight is 722 g/mol. The second kappa shape index (κ2) is 19.5. The number of ether oxygens (including phenoxy) is 2. The molecule has 2 aromatic carbocycles. The summed E-state index contributed by atoms with van der Waals surface area (Å²) in [7, 11) is 1.70. The van der Waals surface area contributed by atoms with Gasteiger partial charge in [-0.2, -0.15) is 0 Å². The molecule has 0 spiro atoms. The molecule has 13 nitrogen and oxygen atoms in total. The van der Waals surface area contributed by atoms with Crippen molar-refractivity contribution in [1.82, 2.24) is 21.3 Å². The van der Waals surface area contributed by atoms with Crippen molar-refractivity contribution >= 4 is 35.3 Å². The summed E-state index contributed by atoms with van der Waals surface area (Å²) >= 11 is 0. The second-order valence-corrected chi connectivity index (χ2v) is 14.3. The quantitative estimate of drug-likeness (QED) is 0.0676. The van der Waals surface area contributed by atoms with E-state index in [1.165, 1.54) is 6.92 Å². The van der Waals surface area contributed by atoms with E-state index in [1.54, 1.807) is 62.5 Å². The zero-order valence-corrected chi connectivity index (χ0v) is 30.6. The Hall–Kier alpha value is -4.33. The van der Waals surface area contributed by atoms with Crippen molar-refractivity contribution in [3.63, 3.8) is 0 Å². The first-order valence-electron chi connectivity index (χ1n) is 18.4. The molecule has 2 aliphatic carbocycles. The third-order valence-corrected chi connectivity index (χ3v) is 10.2. The summed E-state index contributed by atoms with van der Waals surface area (Å²) in [4.78, 5) is 64.2. The Morgan fingerprint density at radius 1 is 0.923 bits per heavy atom. The summed E-state index contributed by atoms with van der Waals surface area (Å²) in [6.45, 7) is 3.51. The van der Waals surface area contributed by atoms with Gasteiger partial charge in [-0.1, -0.05) is 43.2 Å². The molecule has 0 aromatic heterocycles. The first-order chi connectivity index (χ1) is 24.9. The third kappa shape index (κ3) is 12.4. The topological polar surface area (TPSA) is 184 Å². The van der Waals surface area contributed by atoms with Crippen LogP contribution in [0.15, 0.2) is 54.6 Å². The second-order valence-electron chi connectivity index (χ2n) is 14.3. The number of hydrogen-bond donors (Lipinski definition) is 6. The predicted octanol–water partition coefficient (Wildman–Crippen LogP) is 3.56. The van der Waals surface area contributed by atoms with Crippen LogP contribution in [0.25, 0.3) is 0 Å². The van der Waals surface area contributed by atoms with E-state index < -0.39 is 17.2 Å². The SMILES string of the molecule is CNC(C)(CCCCOC(=O)c1ccccc1)C(=O)NCC(=O)NC1CCCCC1CC1(C(=O)NCC(=O)Nc2ccc(COC(C)O)cc2)CC1. The Bertz CT molecular complexity index is 1500. The Morgan fingerprint density at radius 2 is 1.62 bits per heavy atom.